The topological polar surface area (TPSA) is 38.3 Å². The Morgan fingerprint density at radius 1 is 1.17 bits per heavy atom. The summed E-state index contributed by atoms with van der Waals surface area (Å²) in [6.45, 7) is 4.52. The van der Waals surface area contributed by atoms with E-state index in [1.54, 1.807) is 24.3 Å². The second-order valence-electron chi connectivity index (χ2n) is 5.57. The van der Waals surface area contributed by atoms with E-state index in [9.17, 15) is 4.79 Å². The van der Waals surface area contributed by atoms with Crippen molar-refractivity contribution in [2.45, 2.75) is 39.3 Å². The molecule has 0 bridgehead atoms. The summed E-state index contributed by atoms with van der Waals surface area (Å²) < 4.78 is 5.71. The van der Waals surface area contributed by atoms with Gasteiger partial charge in [-0.25, -0.2) is 0 Å². The molecular weight excluding hydrogens is 310 g/mol. The molecule has 0 fully saturated rings. The predicted octanol–water partition coefficient (Wildman–Crippen LogP) is 4.84. The van der Waals surface area contributed by atoms with Crippen LogP contribution in [0.5, 0.6) is 5.75 Å². The van der Waals surface area contributed by atoms with Crippen LogP contribution in [0.3, 0.4) is 0 Å². The van der Waals surface area contributed by atoms with E-state index in [0.717, 1.165) is 18.4 Å². The Labute approximate surface area is 142 Å². The van der Waals surface area contributed by atoms with Crippen LogP contribution in [0, 0.1) is 0 Å². The Morgan fingerprint density at radius 3 is 2.52 bits per heavy atom. The van der Waals surface area contributed by atoms with Crippen LogP contribution in [0.2, 0.25) is 5.02 Å². The van der Waals surface area contributed by atoms with Gasteiger partial charge in [-0.3, -0.25) is 4.79 Å². The highest BCUT2D eigenvalue weighted by Gasteiger charge is 2.09. The summed E-state index contributed by atoms with van der Waals surface area (Å²) >= 11 is 6.10. The zero-order valence-electron chi connectivity index (χ0n) is 13.5. The average Bonchev–Trinajstić information content (AvgIpc) is 2.55. The van der Waals surface area contributed by atoms with Gasteiger partial charge in [0.05, 0.1) is 0 Å². The van der Waals surface area contributed by atoms with Gasteiger partial charge in [0.1, 0.15) is 12.4 Å². The van der Waals surface area contributed by atoms with Crippen molar-refractivity contribution < 1.29 is 9.53 Å². The Kier molecular flexibility index (Phi) is 6.48. The number of carbonyl (C=O) groups is 1. The molecule has 0 spiro atoms. The normalized spacial score (nSPS) is 11.8. The van der Waals surface area contributed by atoms with Crippen molar-refractivity contribution in [2.75, 3.05) is 0 Å². The number of benzene rings is 2. The molecule has 1 atom stereocenters. The number of ether oxygens (including phenoxy) is 1. The van der Waals surface area contributed by atoms with Crippen molar-refractivity contribution in [3.05, 3.63) is 64.7 Å². The van der Waals surface area contributed by atoms with Gasteiger partial charge < -0.3 is 10.1 Å². The summed E-state index contributed by atoms with van der Waals surface area (Å²) in [5.74, 6) is 0.659. The maximum atomic E-state index is 12.1. The largest absolute Gasteiger partial charge is 0.489 e. The lowest BCUT2D eigenvalue weighted by Crippen LogP contribution is -2.32. The first-order valence-corrected chi connectivity index (χ1v) is 8.25. The fourth-order valence-electron chi connectivity index (χ4n) is 2.29. The van der Waals surface area contributed by atoms with Crippen LogP contribution in [0.25, 0.3) is 0 Å². The molecule has 0 aliphatic rings. The third-order valence-electron chi connectivity index (χ3n) is 3.57. The van der Waals surface area contributed by atoms with E-state index >= 15 is 0 Å². The minimum atomic E-state index is -0.0522. The van der Waals surface area contributed by atoms with Crippen LogP contribution < -0.4 is 10.1 Å². The van der Waals surface area contributed by atoms with Gasteiger partial charge in [0.15, 0.2) is 0 Å². The second-order valence-corrected chi connectivity index (χ2v) is 5.97. The van der Waals surface area contributed by atoms with Crippen LogP contribution in [-0.2, 0) is 6.61 Å². The molecule has 0 aliphatic heterocycles. The van der Waals surface area contributed by atoms with Crippen LogP contribution in [-0.4, -0.2) is 11.9 Å². The lowest BCUT2D eigenvalue weighted by atomic mass is 10.1. The SMILES string of the molecule is CCCC(C)NC(=O)c1ccc(OCc2ccccc2Cl)cc1. The minimum Gasteiger partial charge on any atom is -0.489 e. The van der Waals surface area contributed by atoms with E-state index in [2.05, 4.69) is 12.2 Å². The molecule has 0 saturated carbocycles. The maximum absolute atomic E-state index is 12.1. The second kappa shape index (κ2) is 8.59. The van der Waals surface area contributed by atoms with Crippen LogP contribution >= 0.6 is 11.6 Å². The first-order chi connectivity index (χ1) is 11.1. The zero-order chi connectivity index (χ0) is 16.7. The Balaban J connectivity index is 1.92. The molecule has 4 heteroatoms. The minimum absolute atomic E-state index is 0.0522. The van der Waals surface area contributed by atoms with Crippen molar-refractivity contribution in [3.8, 4) is 5.75 Å². The Hall–Kier alpha value is -2.00. The molecule has 1 amide bonds. The number of hydrogen-bond acceptors (Lipinski definition) is 2. The molecule has 1 unspecified atom stereocenters. The van der Waals surface area contributed by atoms with E-state index in [-0.39, 0.29) is 11.9 Å². The van der Waals surface area contributed by atoms with Crippen LogP contribution in [0.1, 0.15) is 42.6 Å². The van der Waals surface area contributed by atoms with E-state index in [1.807, 2.05) is 31.2 Å². The molecule has 3 nitrogen and oxygen atoms in total. The number of halogens is 1. The highest BCUT2D eigenvalue weighted by atomic mass is 35.5. The molecular formula is C19H22ClNO2. The smallest absolute Gasteiger partial charge is 0.251 e. The van der Waals surface area contributed by atoms with Crippen molar-refractivity contribution in [3.63, 3.8) is 0 Å². The Bertz CT molecular complexity index is 640. The van der Waals surface area contributed by atoms with Gasteiger partial charge in [-0.15, -0.1) is 0 Å². The molecule has 2 rings (SSSR count). The summed E-state index contributed by atoms with van der Waals surface area (Å²) in [7, 11) is 0. The number of hydrogen-bond donors (Lipinski definition) is 1. The number of carbonyl (C=O) groups excluding carboxylic acids is 1. The molecule has 0 heterocycles. The monoisotopic (exact) mass is 331 g/mol. The summed E-state index contributed by atoms with van der Waals surface area (Å²) in [6.07, 6.45) is 2.03. The molecule has 0 radical (unpaired) electrons. The molecule has 2 aromatic carbocycles. The zero-order valence-corrected chi connectivity index (χ0v) is 14.3. The molecule has 0 aromatic heterocycles. The molecule has 0 saturated heterocycles. The van der Waals surface area contributed by atoms with Crippen molar-refractivity contribution >= 4 is 17.5 Å². The average molecular weight is 332 g/mol. The molecule has 23 heavy (non-hydrogen) atoms. The number of rotatable bonds is 7. The summed E-state index contributed by atoms with van der Waals surface area (Å²) in [6, 6.07) is 14.9. The van der Waals surface area contributed by atoms with E-state index in [0.29, 0.717) is 22.9 Å². The van der Waals surface area contributed by atoms with Gasteiger partial charge >= 0.3 is 0 Å². The number of amides is 1. The van der Waals surface area contributed by atoms with E-state index < -0.39 is 0 Å². The fourth-order valence-corrected chi connectivity index (χ4v) is 2.48. The van der Waals surface area contributed by atoms with Gasteiger partial charge in [-0.1, -0.05) is 43.1 Å². The summed E-state index contributed by atoms with van der Waals surface area (Å²) in [5.41, 5.74) is 1.57. The van der Waals surface area contributed by atoms with E-state index in [1.165, 1.54) is 0 Å². The van der Waals surface area contributed by atoms with Crippen molar-refractivity contribution in [2.24, 2.45) is 0 Å². The quantitative estimate of drug-likeness (QED) is 0.788. The van der Waals surface area contributed by atoms with Gasteiger partial charge in [-0.05, 0) is 43.7 Å². The molecule has 2 aromatic rings. The molecule has 0 aliphatic carbocycles. The standard InChI is InChI=1S/C19H22ClNO2/c1-3-6-14(2)21-19(22)15-9-11-17(12-10-15)23-13-16-7-4-5-8-18(16)20/h4-5,7-12,14H,3,6,13H2,1-2H3,(H,21,22). The molecule has 1 N–H and O–H groups in total. The van der Waals surface area contributed by atoms with Crippen molar-refractivity contribution in [1.82, 2.24) is 5.32 Å². The highest BCUT2D eigenvalue weighted by Crippen LogP contribution is 2.19. The van der Waals surface area contributed by atoms with Gasteiger partial charge in [0.2, 0.25) is 0 Å². The Morgan fingerprint density at radius 2 is 1.87 bits per heavy atom. The third kappa shape index (κ3) is 5.29. The summed E-state index contributed by atoms with van der Waals surface area (Å²) in [5, 5.41) is 3.67. The van der Waals surface area contributed by atoms with E-state index in [4.69, 9.17) is 16.3 Å². The van der Waals surface area contributed by atoms with Gasteiger partial charge in [-0.2, -0.15) is 0 Å². The maximum Gasteiger partial charge on any atom is 0.251 e. The summed E-state index contributed by atoms with van der Waals surface area (Å²) in [4.78, 5) is 12.1. The predicted molar refractivity (Wildman–Crippen MR) is 94.1 cm³/mol. The first-order valence-electron chi connectivity index (χ1n) is 7.87. The van der Waals surface area contributed by atoms with Crippen LogP contribution in [0.4, 0.5) is 0 Å². The first kappa shape index (κ1) is 17.4. The van der Waals surface area contributed by atoms with Crippen molar-refractivity contribution in [1.29, 1.82) is 0 Å². The van der Waals surface area contributed by atoms with Gasteiger partial charge in [0.25, 0.3) is 5.91 Å². The lowest BCUT2D eigenvalue weighted by molar-refractivity contribution is 0.0938. The number of nitrogens with one attached hydrogen (secondary N) is 1. The van der Waals surface area contributed by atoms with Gasteiger partial charge in [0, 0.05) is 22.2 Å². The lowest BCUT2D eigenvalue weighted by Gasteiger charge is -2.13. The third-order valence-corrected chi connectivity index (χ3v) is 3.94. The van der Waals surface area contributed by atoms with Crippen LogP contribution in [0.15, 0.2) is 48.5 Å². The molecule has 122 valence electrons. The highest BCUT2D eigenvalue weighted by molar-refractivity contribution is 6.31. The fraction of sp³-hybridized carbons (Fsp3) is 0.316.